The molecule has 2 aromatic heterocycles. The van der Waals surface area contributed by atoms with Crippen LogP contribution >= 0.6 is 0 Å². The zero-order chi connectivity index (χ0) is 24.4. The number of carbonyl (C=O) groups is 1. The summed E-state index contributed by atoms with van der Waals surface area (Å²) in [6, 6.07) is 18.2. The number of amides is 1. The number of nitrogens with one attached hydrogen (secondary N) is 3. The van der Waals surface area contributed by atoms with Crippen molar-refractivity contribution in [2.24, 2.45) is 5.92 Å². The van der Waals surface area contributed by atoms with Gasteiger partial charge in [0.05, 0.1) is 17.1 Å². The van der Waals surface area contributed by atoms with Gasteiger partial charge in [0.1, 0.15) is 5.82 Å². The fourth-order valence-electron chi connectivity index (χ4n) is 4.69. The third-order valence-corrected chi connectivity index (χ3v) is 6.68. The summed E-state index contributed by atoms with van der Waals surface area (Å²) in [5.74, 6) is 1.70. The van der Waals surface area contributed by atoms with E-state index in [1.807, 2.05) is 61.6 Å². The first-order chi connectivity index (χ1) is 17.0. The summed E-state index contributed by atoms with van der Waals surface area (Å²) in [6.07, 6.45) is 1.74. The second-order valence-corrected chi connectivity index (χ2v) is 9.03. The van der Waals surface area contributed by atoms with E-state index in [4.69, 9.17) is 5.73 Å². The Morgan fingerprint density at radius 2 is 1.97 bits per heavy atom. The van der Waals surface area contributed by atoms with Crippen LogP contribution in [0.1, 0.15) is 25.3 Å². The van der Waals surface area contributed by atoms with Crippen molar-refractivity contribution in [1.82, 2.24) is 25.5 Å². The van der Waals surface area contributed by atoms with E-state index in [-0.39, 0.29) is 23.8 Å². The number of hydrogen-bond acceptors (Lipinski definition) is 7. The molecule has 9 nitrogen and oxygen atoms in total. The maximum Gasteiger partial charge on any atom is 0.225 e. The van der Waals surface area contributed by atoms with Crippen molar-refractivity contribution in [3.8, 4) is 11.3 Å². The smallest absolute Gasteiger partial charge is 0.225 e. The van der Waals surface area contributed by atoms with Gasteiger partial charge < -0.3 is 21.3 Å². The highest BCUT2D eigenvalue weighted by molar-refractivity contribution is 5.92. The number of anilines is 3. The molecule has 0 unspecified atom stereocenters. The van der Waals surface area contributed by atoms with Crippen LogP contribution < -0.4 is 21.3 Å². The third kappa shape index (κ3) is 4.75. The average Bonchev–Trinajstić information content (AvgIpc) is 3.30. The summed E-state index contributed by atoms with van der Waals surface area (Å²) in [7, 11) is 1.84. The Morgan fingerprint density at radius 3 is 2.77 bits per heavy atom. The predicted octanol–water partition coefficient (Wildman–Crippen LogP) is 3.57. The summed E-state index contributed by atoms with van der Waals surface area (Å²) < 4.78 is 0. The van der Waals surface area contributed by atoms with Gasteiger partial charge in [0.25, 0.3) is 0 Å². The molecule has 1 saturated heterocycles. The van der Waals surface area contributed by atoms with Crippen LogP contribution in [-0.4, -0.2) is 45.7 Å². The molecule has 0 radical (unpaired) electrons. The molecule has 180 valence electrons. The van der Waals surface area contributed by atoms with E-state index >= 15 is 0 Å². The number of fused-ring (bicyclic) bond motifs is 1. The second kappa shape index (κ2) is 9.61. The zero-order valence-electron chi connectivity index (χ0n) is 20.0. The number of aromatic amines is 1. The topological polar surface area (TPSA) is 125 Å². The number of hydrogen-bond donors (Lipinski definition) is 4. The minimum Gasteiger partial charge on any atom is -0.371 e. The van der Waals surface area contributed by atoms with Crippen LogP contribution in [0.15, 0.2) is 54.6 Å². The molecule has 3 heterocycles. The van der Waals surface area contributed by atoms with Gasteiger partial charge in [-0.1, -0.05) is 36.4 Å². The van der Waals surface area contributed by atoms with E-state index < -0.39 is 0 Å². The molecule has 5 N–H and O–H groups in total. The molecule has 2 aromatic carbocycles. The van der Waals surface area contributed by atoms with E-state index in [0.29, 0.717) is 13.1 Å². The molecular formula is C26H30N8O. The van der Waals surface area contributed by atoms with Crippen LogP contribution in [0.4, 0.5) is 17.6 Å². The van der Waals surface area contributed by atoms with Gasteiger partial charge in [0, 0.05) is 43.2 Å². The number of piperidine rings is 1. The fraction of sp³-hybridized carbons (Fsp3) is 0.308. The summed E-state index contributed by atoms with van der Waals surface area (Å²) in [6.45, 7) is 3.27. The Kier molecular flexibility index (Phi) is 6.22. The first-order valence-electron chi connectivity index (χ1n) is 11.9. The summed E-state index contributed by atoms with van der Waals surface area (Å²) >= 11 is 0. The van der Waals surface area contributed by atoms with Crippen LogP contribution in [0.25, 0.3) is 22.2 Å². The lowest BCUT2D eigenvalue weighted by atomic mass is 9.92. The van der Waals surface area contributed by atoms with Gasteiger partial charge in [-0.3, -0.25) is 9.89 Å². The molecule has 0 spiro atoms. The molecular weight excluding hydrogens is 440 g/mol. The maximum absolute atomic E-state index is 13.0. The number of benzene rings is 2. The molecule has 0 bridgehead atoms. The van der Waals surface area contributed by atoms with Crippen molar-refractivity contribution >= 4 is 34.4 Å². The number of rotatable bonds is 6. The Morgan fingerprint density at radius 1 is 1.14 bits per heavy atom. The Labute approximate surface area is 204 Å². The third-order valence-electron chi connectivity index (χ3n) is 6.68. The van der Waals surface area contributed by atoms with Crippen molar-refractivity contribution in [2.45, 2.75) is 32.4 Å². The average molecular weight is 471 g/mol. The predicted molar refractivity (Wildman–Crippen MR) is 139 cm³/mol. The zero-order valence-corrected chi connectivity index (χ0v) is 20.0. The number of nitrogens with two attached hydrogens (primary N) is 1. The minimum atomic E-state index is -0.115. The SMILES string of the molecule is CNc1n[nH]c2cc(-c3cc(N4C[C@@H](C(=O)NCc5ccccc5)CC[C@H]4C)nc(N)n3)ccc12. The van der Waals surface area contributed by atoms with Crippen molar-refractivity contribution < 1.29 is 4.79 Å². The first-order valence-corrected chi connectivity index (χ1v) is 11.9. The fourth-order valence-corrected chi connectivity index (χ4v) is 4.69. The molecule has 9 heteroatoms. The largest absolute Gasteiger partial charge is 0.371 e. The number of H-pyrrole nitrogens is 1. The lowest BCUT2D eigenvalue weighted by Gasteiger charge is -2.38. The summed E-state index contributed by atoms with van der Waals surface area (Å²) in [5, 5.41) is 14.5. The van der Waals surface area contributed by atoms with Gasteiger partial charge in [0.2, 0.25) is 11.9 Å². The molecule has 1 fully saturated rings. The molecule has 35 heavy (non-hydrogen) atoms. The summed E-state index contributed by atoms with van der Waals surface area (Å²) in [4.78, 5) is 24.1. The monoisotopic (exact) mass is 470 g/mol. The van der Waals surface area contributed by atoms with Gasteiger partial charge in [0.15, 0.2) is 5.82 Å². The standard InChI is InChI=1S/C26H30N8O/c1-16-8-9-19(25(35)29-14-17-6-4-3-5-7-17)15-34(16)23-13-21(30-26(27)31-23)18-10-11-20-22(12-18)32-33-24(20)28-2/h3-7,10-13,16,19H,8-9,14-15H2,1-2H3,(H,29,35)(H2,27,30,31)(H2,28,32,33)/t16-,19+/m1/s1. The van der Waals surface area contributed by atoms with E-state index in [0.717, 1.165) is 52.2 Å². The van der Waals surface area contributed by atoms with Gasteiger partial charge >= 0.3 is 0 Å². The Balaban J connectivity index is 1.36. The molecule has 0 saturated carbocycles. The van der Waals surface area contributed by atoms with Crippen LogP contribution in [0.5, 0.6) is 0 Å². The van der Waals surface area contributed by atoms with Gasteiger partial charge in [-0.25, -0.2) is 4.98 Å². The highest BCUT2D eigenvalue weighted by Gasteiger charge is 2.31. The summed E-state index contributed by atoms with van der Waals surface area (Å²) in [5.41, 5.74) is 9.79. The van der Waals surface area contributed by atoms with Crippen LogP contribution in [-0.2, 0) is 11.3 Å². The number of nitrogens with zero attached hydrogens (tertiary/aromatic N) is 4. The van der Waals surface area contributed by atoms with Crippen LogP contribution in [0.2, 0.25) is 0 Å². The molecule has 2 atom stereocenters. The first kappa shape index (κ1) is 22.6. The highest BCUT2D eigenvalue weighted by atomic mass is 16.1. The van der Waals surface area contributed by atoms with E-state index in [2.05, 4.69) is 42.6 Å². The van der Waals surface area contributed by atoms with E-state index in [9.17, 15) is 4.79 Å². The minimum absolute atomic E-state index is 0.0676. The van der Waals surface area contributed by atoms with Gasteiger partial charge in [-0.2, -0.15) is 10.1 Å². The normalized spacial score (nSPS) is 17.9. The van der Waals surface area contributed by atoms with Gasteiger partial charge in [-0.05, 0) is 37.5 Å². The Bertz CT molecular complexity index is 1340. The van der Waals surface area contributed by atoms with Crippen molar-refractivity contribution in [3.05, 3.63) is 60.2 Å². The number of nitrogen functional groups attached to an aromatic ring is 1. The number of carbonyl (C=O) groups excluding carboxylic acids is 1. The van der Waals surface area contributed by atoms with E-state index in [1.54, 1.807) is 0 Å². The highest BCUT2D eigenvalue weighted by Crippen LogP contribution is 2.31. The number of aromatic nitrogens is 4. The molecule has 5 rings (SSSR count). The molecule has 1 amide bonds. The van der Waals surface area contributed by atoms with Crippen molar-refractivity contribution in [2.75, 3.05) is 29.5 Å². The molecule has 4 aromatic rings. The molecule has 1 aliphatic heterocycles. The maximum atomic E-state index is 13.0. The van der Waals surface area contributed by atoms with Crippen molar-refractivity contribution in [3.63, 3.8) is 0 Å². The second-order valence-electron chi connectivity index (χ2n) is 9.03. The molecule has 0 aliphatic carbocycles. The lowest BCUT2D eigenvalue weighted by molar-refractivity contribution is -0.125. The quantitative estimate of drug-likeness (QED) is 0.339. The lowest BCUT2D eigenvalue weighted by Crippen LogP contribution is -2.47. The molecule has 1 aliphatic rings. The van der Waals surface area contributed by atoms with Crippen molar-refractivity contribution in [1.29, 1.82) is 0 Å². The van der Waals surface area contributed by atoms with Crippen LogP contribution in [0.3, 0.4) is 0 Å². The Hall–Kier alpha value is -4.14. The van der Waals surface area contributed by atoms with Gasteiger partial charge in [-0.15, -0.1) is 0 Å². The van der Waals surface area contributed by atoms with Crippen LogP contribution in [0, 0.1) is 5.92 Å². The van der Waals surface area contributed by atoms with E-state index in [1.165, 1.54) is 0 Å².